The van der Waals surface area contributed by atoms with Crippen molar-refractivity contribution in [1.82, 2.24) is 4.90 Å². The van der Waals surface area contributed by atoms with Gasteiger partial charge in [0.25, 0.3) is 11.7 Å². The molecule has 1 aromatic carbocycles. The number of benzene rings is 1. The Morgan fingerprint density at radius 2 is 1.71 bits per heavy atom. The van der Waals surface area contributed by atoms with Crippen LogP contribution >= 0.6 is 0 Å². The summed E-state index contributed by atoms with van der Waals surface area (Å²) in [6.07, 6.45) is -4.01. The molecule has 0 aliphatic carbocycles. The molecule has 16 heteroatoms. The number of sulfonamides is 1. The number of hydrogen-bond donors (Lipinski definition) is 2. The summed E-state index contributed by atoms with van der Waals surface area (Å²) in [5, 5.41) is 16.1. The average Bonchev–Trinajstić information content (AvgIpc) is 2.97. The van der Waals surface area contributed by atoms with Crippen LogP contribution in [0.1, 0.15) is 10.4 Å². The lowest BCUT2D eigenvalue weighted by molar-refractivity contribution is -0.192. The monoisotopic (exact) mass is 525 g/mol. The first-order valence-electron chi connectivity index (χ1n) is 9.93. The average molecular weight is 525 g/mol. The van der Waals surface area contributed by atoms with Gasteiger partial charge in [0.05, 0.1) is 36.4 Å². The Hall–Kier alpha value is -3.24. The Morgan fingerprint density at radius 3 is 2.20 bits per heavy atom. The molecule has 12 nitrogen and oxygen atoms in total. The maximum Gasteiger partial charge on any atom is 0.490 e. The second-order valence-corrected chi connectivity index (χ2v) is 9.31. The van der Waals surface area contributed by atoms with Crippen LogP contribution < -0.4 is 9.21 Å². The summed E-state index contributed by atoms with van der Waals surface area (Å²) in [6, 6.07) is 4.21. The highest BCUT2D eigenvalue weighted by molar-refractivity contribution is 7.92. The van der Waals surface area contributed by atoms with E-state index in [1.165, 1.54) is 22.5 Å². The Kier molecular flexibility index (Phi) is 8.80. The molecule has 2 aliphatic heterocycles. The van der Waals surface area contributed by atoms with E-state index in [0.717, 1.165) is 11.2 Å². The molecule has 0 aromatic heterocycles. The standard InChI is InChI=1S/C17H21N3O7S.C2HF3O2/c1-28(25,26)20(5-4-18-6-8-27-9-7-18)12-2-3-14-13(10-12)16(23)17(24)19(14)11-15(21)22;3-2(4,5)1(6)7/h2-3,10H,4-9,11H2,1H3,(H,21,22);(H,6,7). The molecule has 1 aromatic rings. The number of morpholine rings is 1. The maximum absolute atomic E-state index is 12.3. The third-order valence-corrected chi connectivity index (χ3v) is 6.10. The first-order valence-corrected chi connectivity index (χ1v) is 11.8. The molecule has 0 unspecified atom stereocenters. The summed E-state index contributed by atoms with van der Waals surface area (Å²) in [7, 11) is -3.63. The number of carboxylic acid groups (broad SMARTS) is 2. The second-order valence-electron chi connectivity index (χ2n) is 7.41. The summed E-state index contributed by atoms with van der Waals surface area (Å²) in [5.41, 5.74) is 0.430. The topological polar surface area (TPSA) is 162 Å². The minimum Gasteiger partial charge on any atom is -0.480 e. The van der Waals surface area contributed by atoms with Gasteiger partial charge in [-0.25, -0.2) is 13.2 Å². The van der Waals surface area contributed by atoms with Crippen molar-refractivity contribution in [3.8, 4) is 0 Å². The number of anilines is 2. The number of amides is 1. The van der Waals surface area contributed by atoms with E-state index in [1.807, 2.05) is 0 Å². The minimum absolute atomic E-state index is 0.00349. The molecular formula is C19H22F3N3O9S. The number of carbonyl (C=O) groups excluding carboxylic acids is 2. The van der Waals surface area contributed by atoms with Gasteiger partial charge in [-0.05, 0) is 18.2 Å². The highest BCUT2D eigenvalue weighted by Gasteiger charge is 2.38. The first-order chi connectivity index (χ1) is 16.1. The summed E-state index contributed by atoms with van der Waals surface area (Å²) >= 11 is 0. The van der Waals surface area contributed by atoms with Crippen LogP contribution in [0.3, 0.4) is 0 Å². The molecule has 0 radical (unpaired) electrons. The van der Waals surface area contributed by atoms with Crippen LogP contribution in [0.2, 0.25) is 0 Å². The van der Waals surface area contributed by atoms with Crippen molar-refractivity contribution in [2.24, 2.45) is 0 Å². The van der Waals surface area contributed by atoms with Crippen LogP contribution in [0.5, 0.6) is 0 Å². The van der Waals surface area contributed by atoms with Crippen molar-refractivity contribution in [2.45, 2.75) is 6.18 Å². The predicted octanol–water partition coefficient (Wildman–Crippen LogP) is 0.0320. The number of nitrogens with zero attached hydrogens (tertiary/aromatic N) is 3. The van der Waals surface area contributed by atoms with Gasteiger partial charge in [-0.1, -0.05) is 0 Å². The molecule has 1 amide bonds. The van der Waals surface area contributed by atoms with E-state index in [2.05, 4.69) is 4.90 Å². The molecule has 0 saturated carbocycles. The predicted molar refractivity (Wildman–Crippen MR) is 114 cm³/mol. The van der Waals surface area contributed by atoms with Crippen LogP contribution in [-0.2, 0) is 29.1 Å². The zero-order chi connectivity index (χ0) is 26.6. The molecule has 2 aliphatic rings. The van der Waals surface area contributed by atoms with Crippen molar-refractivity contribution >= 4 is 45.0 Å². The largest absolute Gasteiger partial charge is 0.490 e. The van der Waals surface area contributed by atoms with Crippen molar-refractivity contribution < 1.29 is 55.7 Å². The van der Waals surface area contributed by atoms with Crippen molar-refractivity contribution in [3.63, 3.8) is 0 Å². The van der Waals surface area contributed by atoms with E-state index in [4.69, 9.17) is 19.7 Å². The SMILES string of the molecule is CS(=O)(=O)N(CCN1CCOCC1)c1ccc2c(c1)C(=O)C(=O)N2CC(=O)O.O=C(O)C(F)(F)F. The number of ether oxygens (including phenoxy) is 1. The van der Waals surface area contributed by atoms with Crippen LogP contribution in [-0.4, -0.2) is 106 Å². The van der Waals surface area contributed by atoms with Gasteiger partial charge in [0.2, 0.25) is 10.0 Å². The molecule has 194 valence electrons. The Bertz CT molecular complexity index is 1100. The Morgan fingerprint density at radius 1 is 1.14 bits per heavy atom. The van der Waals surface area contributed by atoms with E-state index in [0.29, 0.717) is 32.8 Å². The lowest BCUT2D eigenvalue weighted by Crippen LogP contribution is -2.43. The number of rotatable bonds is 7. The Labute approximate surface area is 197 Å². The molecule has 0 atom stereocenters. The molecule has 2 N–H and O–H groups in total. The first kappa shape index (κ1) is 28.0. The minimum atomic E-state index is -5.08. The molecule has 1 fully saturated rings. The zero-order valence-electron chi connectivity index (χ0n) is 18.3. The van der Waals surface area contributed by atoms with Gasteiger partial charge < -0.3 is 14.9 Å². The molecular weight excluding hydrogens is 503 g/mol. The lowest BCUT2D eigenvalue weighted by Gasteiger charge is -2.30. The van der Waals surface area contributed by atoms with Gasteiger partial charge in [0, 0.05) is 26.2 Å². The molecule has 0 spiro atoms. The third kappa shape index (κ3) is 7.37. The van der Waals surface area contributed by atoms with E-state index < -0.39 is 46.4 Å². The van der Waals surface area contributed by atoms with Gasteiger partial charge in [-0.3, -0.25) is 28.5 Å². The van der Waals surface area contributed by atoms with Crippen LogP contribution in [0.4, 0.5) is 24.5 Å². The number of aliphatic carboxylic acids is 2. The number of ketones is 1. The van der Waals surface area contributed by atoms with Gasteiger partial charge >= 0.3 is 18.1 Å². The summed E-state index contributed by atoms with van der Waals surface area (Å²) in [5.74, 6) is -5.79. The Balaban J connectivity index is 0.000000540. The van der Waals surface area contributed by atoms with Gasteiger partial charge in [-0.2, -0.15) is 13.2 Å². The highest BCUT2D eigenvalue weighted by atomic mass is 32.2. The third-order valence-electron chi connectivity index (χ3n) is 4.90. The number of hydrogen-bond acceptors (Lipinski definition) is 8. The molecule has 2 heterocycles. The second kappa shape index (κ2) is 11.0. The van der Waals surface area contributed by atoms with Crippen LogP contribution in [0.25, 0.3) is 0 Å². The quantitative estimate of drug-likeness (QED) is 0.465. The fraction of sp³-hybridized carbons (Fsp3) is 0.474. The van der Waals surface area contributed by atoms with Gasteiger partial charge in [-0.15, -0.1) is 0 Å². The lowest BCUT2D eigenvalue weighted by atomic mass is 10.1. The number of Topliss-reactive ketones (excluding diaryl/α,β-unsaturated/α-hetero) is 1. The van der Waals surface area contributed by atoms with Crippen molar-refractivity contribution in [3.05, 3.63) is 23.8 Å². The molecule has 1 saturated heterocycles. The molecule has 3 rings (SSSR count). The zero-order valence-corrected chi connectivity index (χ0v) is 19.1. The van der Waals surface area contributed by atoms with E-state index in [9.17, 15) is 36.0 Å². The normalized spacial score (nSPS) is 16.4. The van der Waals surface area contributed by atoms with E-state index in [-0.39, 0.29) is 23.5 Å². The smallest absolute Gasteiger partial charge is 0.480 e. The fourth-order valence-corrected chi connectivity index (χ4v) is 4.19. The molecule has 0 bridgehead atoms. The van der Waals surface area contributed by atoms with Crippen molar-refractivity contribution in [1.29, 1.82) is 0 Å². The number of carbonyl (C=O) groups is 4. The van der Waals surface area contributed by atoms with Crippen molar-refractivity contribution in [2.75, 3.05) is 61.4 Å². The summed E-state index contributed by atoms with van der Waals surface area (Å²) in [4.78, 5) is 47.1. The number of carboxylic acids is 2. The highest BCUT2D eigenvalue weighted by Crippen LogP contribution is 2.33. The summed E-state index contributed by atoms with van der Waals surface area (Å²) in [6.45, 7) is 2.63. The maximum atomic E-state index is 12.3. The van der Waals surface area contributed by atoms with E-state index in [1.54, 1.807) is 0 Å². The van der Waals surface area contributed by atoms with Crippen LogP contribution in [0.15, 0.2) is 18.2 Å². The number of fused-ring (bicyclic) bond motifs is 1. The number of halogens is 3. The van der Waals surface area contributed by atoms with Gasteiger partial charge in [0.1, 0.15) is 6.54 Å². The molecule has 35 heavy (non-hydrogen) atoms. The summed E-state index contributed by atoms with van der Waals surface area (Å²) < 4.78 is 62.8. The van der Waals surface area contributed by atoms with Crippen LogP contribution in [0, 0.1) is 0 Å². The van der Waals surface area contributed by atoms with E-state index >= 15 is 0 Å². The van der Waals surface area contributed by atoms with Gasteiger partial charge in [0.15, 0.2) is 0 Å². The number of alkyl halides is 3. The fourth-order valence-electron chi connectivity index (χ4n) is 3.28.